The zero-order valence-corrected chi connectivity index (χ0v) is 9.46. The summed E-state index contributed by atoms with van der Waals surface area (Å²) in [6.07, 6.45) is -2.76. The van der Waals surface area contributed by atoms with E-state index in [0.717, 1.165) is 0 Å². The van der Waals surface area contributed by atoms with E-state index in [2.05, 4.69) is 15.6 Å². The molecule has 7 heteroatoms. The van der Waals surface area contributed by atoms with E-state index in [9.17, 15) is 13.2 Å². The fourth-order valence-electron chi connectivity index (χ4n) is 1.75. The van der Waals surface area contributed by atoms with E-state index < -0.39 is 17.7 Å². The van der Waals surface area contributed by atoms with Crippen molar-refractivity contribution in [1.82, 2.24) is 15.6 Å². The van der Waals surface area contributed by atoms with Crippen LogP contribution in [-0.4, -0.2) is 29.2 Å². The van der Waals surface area contributed by atoms with Gasteiger partial charge < -0.3 is 5.32 Å². The lowest BCUT2D eigenvalue weighted by Crippen LogP contribution is -2.60. The minimum absolute atomic E-state index is 0.143. The summed E-state index contributed by atoms with van der Waals surface area (Å²) in [6.45, 7) is 0.143. The highest BCUT2D eigenvalue weighted by Gasteiger charge is 2.47. The van der Waals surface area contributed by atoms with Crippen LogP contribution in [0.25, 0.3) is 0 Å². The maximum atomic E-state index is 12.5. The number of aromatic nitrogens is 1. The molecule has 0 saturated carbocycles. The third kappa shape index (κ3) is 2.88. The monoisotopic (exact) mass is 265 g/mol. The van der Waals surface area contributed by atoms with Gasteiger partial charge in [-0.15, -0.1) is 11.6 Å². The second-order valence-corrected chi connectivity index (χ2v) is 4.27. The van der Waals surface area contributed by atoms with Crippen LogP contribution in [0.5, 0.6) is 0 Å². The number of pyridine rings is 1. The molecule has 0 bridgehead atoms. The molecule has 3 nitrogen and oxygen atoms in total. The van der Waals surface area contributed by atoms with E-state index in [4.69, 9.17) is 11.6 Å². The van der Waals surface area contributed by atoms with Crippen LogP contribution < -0.4 is 10.6 Å². The second kappa shape index (κ2) is 4.80. The SMILES string of the molecule is FC(F)(F)C1NCC(c2ccccn2)NC1Cl. The molecule has 3 unspecified atom stereocenters. The highest BCUT2D eigenvalue weighted by Crippen LogP contribution is 2.28. The molecular weight excluding hydrogens is 255 g/mol. The first kappa shape index (κ1) is 12.6. The Hall–Kier alpha value is -0.850. The molecule has 17 heavy (non-hydrogen) atoms. The lowest BCUT2D eigenvalue weighted by atomic mass is 10.1. The summed E-state index contributed by atoms with van der Waals surface area (Å²) in [7, 11) is 0. The maximum Gasteiger partial charge on any atom is 0.406 e. The Kier molecular flexibility index (Phi) is 3.56. The quantitative estimate of drug-likeness (QED) is 0.601. The van der Waals surface area contributed by atoms with Crippen molar-refractivity contribution in [2.45, 2.75) is 23.8 Å². The van der Waals surface area contributed by atoms with E-state index in [1.54, 1.807) is 24.4 Å². The van der Waals surface area contributed by atoms with Gasteiger partial charge in [0, 0.05) is 12.7 Å². The van der Waals surface area contributed by atoms with Crippen LogP contribution in [0.3, 0.4) is 0 Å². The van der Waals surface area contributed by atoms with Crippen LogP contribution >= 0.6 is 11.6 Å². The van der Waals surface area contributed by atoms with Gasteiger partial charge >= 0.3 is 6.18 Å². The van der Waals surface area contributed by atoms with E-state index in [-0.39, 0.29) is 12.6 Å². The van der Waals surface area contributed by atoms with Gasteiger partial charge in [0.15, 0.2) is 0 Å². The standard InChI is InChI=1S/C10H11ClF3N3/c11-9-8(10(12,13)14)16-5-7(17-9)6-3-1-2-4-15-6/h1-4,7-9,16-17H,5H2. The van der Waals surface area contributed by atoms with Crippen LogP contribution in [0, 0.1) is 0 Å². The molecule has 2 heterocycles. The van der Waals surface area contributed by atoms with E-state index in [0.29, 0.717) is 5.69 Å². The second-order valence-electron chi connectivity index (χ2n) is 3.80. The van der Waals surface area contributed by atoms with Crippen molar-refractivity contribution in [1.29, 1.82) is 0 Å². The van der Waals surface area contributed by atoms with Gasteiger partial charge in [-0.2, -0.15) is 13.2 Å². The molecule has 94 valence electrons. The summed E-state index contributed by atoms with van der Waals surface area (Å²) in [5, 5.41) is 5.11. The van der Waals surface area contributed by atoms with E-state index in [1.807, 2.05) is 0 Å². The Morgan fingerprint density at radius 3 is 2.65 bits per heavy atom. The summed E-state index contributed by atoms with van der Waals surface area (Å²) in [5.41, 5.74) is -0.526. The molecule has 2 rings (SSSR count). The van der Waals surface area contributed by atoms with Crippen LogP contribution in [0.4, 0.5) is 13.2 Å². The molecular formula is C10H11ClF3N3. The first-order chi connectivity index (χ1) is 7.98. The number of halogens is 4. The molecule has 1 aliphatic heterocycles. The summed E-state index contributed by atoms with van der Waals surface area (Å²) < 4.78 is 37.6. The van der Waals surface area contributed by atoms with Gasteiger partial charge in [0.25, 0.3) is 0 Å². The fraction of sp³-hybridized carbons (Fsp3) is 0.500. The van der Waals surface area contributed by atoms with Crippen molar-refractivity contribution in [3.05, 3.63) is 30.1 Å². The molecule has 1 aliphatic rings. The lowest BCUT2D eigenvalue weighted by molar-refractivity contribution is -0.161. The van der Waals surface area contributed by atoms with Gasteiger partial charge in [0.05, 0.1) is 11.7 Å². The molecule has 0 aromatic carbocycles. The Labute approximate surface area is 101 Å². The zero-order valence-electron chi connectivity index (χ0n) is 8.71. The van der Waals surface area contributed by atoms with Crippen molar-refractivity contribution in [2.24, 2.45) is 0 Å². The first-order valence-electron chi connectivity index (χ1n) is 5.09. The van der Waals surface area contributed by atoms with Crippen molar-refractivity contribution < 1.29 is 13.2 Å². The Balaban J connectivity index is 2.05. The predicted molar refractivity (Wildman–Crippen MR) is 57.6 cm³/mol. The van der Waals surface area contributed by atoms with Gasteiger partial charge in [0.2, 0.25) is 0 Å². The van der Waals surface area contributed by atoms with Gasteiger partial charge in [-0.05, 0) is 12.1 Å². The Bertz CT molecular complexity index is 371. The molecule has 0 spiro atoms. The molecule has 1 fully saturated rings. The largest absolute Gasteiger partial charge is 0.406 e. The van der Waals surface area contributed by atoms with E-state index in [1.165, 1.54) is 0 Å². The van der Waals surface area contributed by atoms with Crippen LogP contribution in [0.2, 0.25) is 0 Å². The Morgan fingerprint density at radius 2 is 2.12 bits per heavy atom. The average molecular weight is 266 g/mol. The number of nitrogens with zero attached hydrogens (tertiary/aromatic N) is 1. The number of piperazine rings is 1. The molecule has 3 atom stereocenters. The van der Waals surface area contributed by atoms with Gasteiger partial charge in [-0.1, -0.05) is 6.07 Å². The third-order valence-electron chi connectivity index (χ3n) is 2.59. The fourth-order valence-corrected chi connectivity index (χ4v) is 2.13. The number of rotatable bonds is 1. The summed E-state index contributed by atoms with van der Waals surface area (Å²) in [5.74, 6) is 0. The molecule has 0 amide bonds. The van der Waals surface area contributed by atoms with Crippen LogP contribution in [0.1, 0.15) is 11.7 Å². The van der Waals surface area contributed by atoms with Gasteiger partial charge in [-0.3, -0.25) is 10.3 Å². The Morgan fingerprint density at radius 1 is 1.35 bits per heavy atom. The molecule has 1 aromatic rings. The van der Waals surface area contributed by atoms with Crippen LogP contribution in [-0.2, 0) is 0 Å². The first-order valence-corrected chi connectivity index (χ1v) is 5.53. The number of hydrogen-bond donors (Lipinski definition) is 2. The summed E-state index contributed by atoms with van der Waals surface area (Å²) >= 11 is 5.69. The minimum atomic E-state index is -4.35. The van der Waals surface area contributed by atoms with Gasteiger partial charge in [0.1, 0.15) is 11.5 Å². The molecule has 2 N–H and O–H groups in total. The molecule has 0 aliphatic carbocycles. The summed E-state index contributed by atoms with van der Waals surface area (Å²) in [4.78, 5) is 4.08. The molecule has 0 radical (unpaired) electrons. The number of alkyl halides is 4. The van der Waals surface area contributed by atoms with Crippen molar-refractivity contribution in [3.63, 3.8) is 0 Å². The van der Waals surface area contributed by atoms with Crippen molar-refractivity contribution in [2.75, 3.05) is 6.54 Å². The smallest absolute Gasteiger partial charge is 0.302 e. The van der Waals surface area contributed by atoms with Crippen molar-refractivity contribution >= 4 is 11.6 Å². The van der Waals surface area contributed by atoms with Crippen LogP contribution in [0.15, 0.2) is 24.4 Å². The lowest BCUT2D eigenvalue weighted by Gasteiger charge is -2.35. The minimum Gasteiger partial charge on any atom is -0.302 e. The zero-order chi connectivity index (χ0) is 12.5. The maximum absolute atomic E-state index is 12.5. The topological polar surface area (TPSA) is 37.0 Å². The molecule has 1 aromatic heterocycles. The highest BCUT2D eigenvalue weighted by atomic mass is 35.5. The predicted octanol–water partition coefficient (Wildman–Crippen LogP) is 1.81. The van der Waals surface area contributed by atoms with E-state index >= 15 is 0 Å². The third-order valence-corrected chi connectivity index (χ3v) is 2.97. The van der Waals surface area contributed by atoms with Gasteiger partial charge in [-0.25, -0.2) is 0 Å². The highest BCUT2D eigenvalue weighted by molar-refractivity contribution is 6.21. The number of nitrogens with one attached hydrogen (secondary N) is 2. The normalized spacial score (nSPS) is 30.2. The number of hydrogen-bond acceptors (Lipinski definition) is 3. The van der Waals surface area contributed by atoms with Crippen molar-refractivity contribution in [3.8, 4) is 0 Å². The molecule has 1 saturated heterocycles. The average Bonchev–Trinajstić information content (AvgIpc) is 2.28. The summed E-state index contributed by atoms with van der Waals surface area (Å²) in [6, 6.07) is 3.23.